The van der Waals surface area contributed by atoms with Crippen LogP contribution < -0.4 is 0 Å². The third-order valence-corrected chi connectivity index (χ3v) is 7.03. The lowest BCUT2D eigenvalue weighted by Crippen LogP contribution is -2.13. The first kappa shape index (κ1) is 25.8. The van der Waals surface area contributed by atoms with Crippen molar-refractivity contribution in [2.24, 2.45) is 0 Å². The highest BCUT2D eigenvalue weighted by molar-refractivity contribution is 7.99. The molecule has 1 nitrogen and oxygen atoms in total. The summed E-state index contributed by atoms with van der Waals surface area (Å²) in [5, 5.41) is 0. The molecule has 0 bridgehead atoms. The molecule has 0 aliphatic rings. The molecular weight excluding hydrogens is 532 g/mol. The summed E-state index contributed by atoms with van der Waals surface area (Å²) in [5.74, 6) is -17.8. The van der Waals surface area contributed by atoms with E-state index in [1.807, 2.05) is 0 Å². The zero-order chi connectivity index (χ0) is 26.1. The molecule has 0 amide bonds. The van der Waals surface area contributed by atoms with E-state index in [2.05, 4.69) is 0 Å². The molecule has 4 rings (SSSR count). The molecule has 4 aromatic carbocycles. The fourth-order valence-corrected chi connectivity index (χ4v) is 4.92. The number of ketones is 1. The van der Waals surface area contributed by atoms with E-state index >= 15 is 0 Å². The predicted molar refractivity (Wildman–Crippen MR) is 117 cm³/mol. The minimum absolute atomic E-state index is 0.231. The number of hydrogen-bond acceptors (Lipinski definition) is 3. The first-order valence-corrected chi connectivity index (χ1v) is 11.5. The molecule has 0 unspecified atom stereocenters. The van der Waals surface area contributed by atoms with Crippen molar-refractivity contribution in [1.29, 1.82) is 0 Å². The van der Waals surface area contributed by atoms with Gasteiger partial charge in [0.25, 0.3) is 0 Å². The Bertz CT molecular complexity index is 1420. The average Bonchev–Trinajstić information content (AvgIpc) is 2.89. The fraction of sp³-hybridized carbons (Fsp3) is 0. The van der Waals surface area contributed by atoms with Gasteiger partial charge in [-0.25, -0.2) is 35.1 Å². The topological polar surface area (TPSA) is 17.1 Å². The Morgan fingerprint density at radius 3 is 1.28 bits per heavy atom. The third-order valence-electron chi connectivity index (χ3n) is 4.84. The van der Waals surface area contributed by atoms with E-state index in [4.69, 9.17) is 0 Å². The minimum Gasteiger partial charge on any atom is -0.288 e. The van der Waals surface area contributed by atoms with Gasteiger partial charge in [-0.3, -0.25) is 4.79 Å². The Balaban J connectivity index is 1.78. The number of hydrogen-bond donors (Lipinski definition) is 0. The molecule has 0 atom stereocenters. The van der Waals surface area contributed by atoms with Gasteiger partial charge in [0.15, 0.2) is 52.3 Å². The van der Waals surface area contributed by atoms with Gasteiger partial charge in [-0.2, -0.15) is 0 Å². The molecule has 11 heteroatoms. The van der Waals surface area contributed by atoms with Crippen LogP contribution in [0.2, 0.25) is 0 Å². The van der Waals surface area contributed by atoms with Crippen molar-refractivity contribution in [3.63, 3.8) is 0 Å². The number of rotatable bonds is 6. The molecule has 184 valence electrons. The van der Waals surface area contributed by atoms with Crippen molar-refractivity contribution in [2.45, 2.75) is 19.6 Å². The lowest BCUT2D eigenvalue weighted by Gasteiger charge is -2.14. The molecule has 0 heterocycles. The molecule has 0 fully saturated rings. The van der Waals surface area contributed by atoms with Crippen LogP contribution in [0.4, 0.5) is 35.1 Å². The normalized spacial score (nSPS) is 11.1. The van der Waals surface area contributed by atoms with Crippen molar-refractivity contribution >= 4 is 29.3 Å². The SMILES string of the molecule is O=C(c1ccccc1)c1c(F)c(F)c(Sc2c(F)c(F)c(Sc3ccccc3)c(F)c2F)c(F)c1F. The maximum absolute atomic E-state index is 14.7. The third kappa shape index (κ3) is 4.60. The number of halogens is 8. The highest BCUT2D eigenvalue weighted by Gasteiger charge is 2.33. The molecule has 0 radical (unpaired) electrons. The van der Waals surface area contributed by atoms with Gasteiger partial charge in [0, 0.05) is 10.5 Å². The van der Waals surface area contributed by atoms with Crippen LogP contribution in [0.1, 0.15) is 15.9 Å². The summed E-state index contributed by atoms with van der Waals surface area (Å²) in [6, 6.07) is 13.9. The van der Waals surface area contributed by atoms with Gasteiger partial charge in [0.2, 0.25) is 0 Å². The molecule has 36 heavy (non-hydrogen) atoms. The summed E-state index contributed by atoms with van der Waals surface area (Å²) in [5.41, 5.74) is -1.87. The summed E-state index contributed by atoms with van der Waals surface area (Å²) >= 11 is -0.245. The molecule has 0 aromatic heterocycles. The first-order chi connectivity index (χ1) is 17.1. The van der Waals surface area contributed by atoms with Gasteiger partial charge in [0.05, 0.1) is 14.7 Å². The molecule has 4 aromatic rings. The summed E-state index contributed by atoms with van der Waals surface area (Å²) in [6.07, 6.45) is 0. The summed E-state index contributed by atoms with van der Waals surface area (Å²) in [4.78, 5) is 8.37. The van der Waals surface area contributed by atoms with Crippen LogP contribution >= 0.6 is 23.5 Å². The Morgan fingerprint density at radius 1 is 0.472 bits per heavy atom. The standard InChI is InChI=1S/C25H10F8OS2/c26-14-13(22(34)11-7-3-1-4-8-11)15(27)17(29)24(16(14)28)36-25-20(32)18(30)23(19(31)21(25)33)35-12-9-5-2-6-10-12/h1-10H. The highest BCUT2D eigenvalue weighted by Crippen LogP contribution is 2.43. The predicted octanol–water partition coefficient (Wildman–Crippen LogP) is 8.33. The second kappa shape index (κ2) is 10.4. The maximum Gasteiger partial charge on any atom is 0.199 e. The molecule has 0 aliphatic heterocycles. The van der Waals surface area contributed by atoms with E-state index in [1.165, 1.54) is 42.5 Å². The Kier molecular flexibility index (Phi) is 7.41. The Hall–Kier alpha value is -3.31. The van der Waals surface area contributed by atoms with Crippen LogP contribution in [-0.2, 0) is 0 Å². The van der Waals surface area contributed by atoms with E-state index in [1.54, 1.807) is 6.07 Å². The van der Waals surface area contributed by atoms with Crippen LogP contribution in [0.3, 0.4) is 0 Å². The second-order valence-corrected chi connectivity index (χ2v) is 9.19. The Morgan fingerprint density at radius 2 is 0.833 bits per heavy atom. The molecule has 0 spiro atoms. The monoisotopic (exact) mass is 542 g/mol. The van der Waals surface area contributed by atoms with E-state index in [9.17, 15) is 39.9 Å². The lowest BCUT2D eigenvalue weighted by atomic mass is 10.0. The summed E-state index contributed by atoms with van der Waals surface area (Å²) in [6.45, 7) is 0. The van der Waals surface area contributed by atoms with E-state index in [0.29, 0.717) is 11.8 Å². The molecule has 0 saturated carbocycles. The zero-order valence-electron chi connectivity index (χ0n) is 17.5. The highest BCUT2D eigenvalue weighted by atomic mass is 32.2. The van der Waals surface area contributed by atoms with Gasteiger partial charge in [-0.05, 0) is 12.1 Å². The minimum atomic E-state index is -2.17. The largest absolute Gasteiger partial charge is 0.288 e. The lowest BCUT2D eigenvalue weighted by molar-refractivity contribution is 0.102. The second-order valence-electron chi connectivity index (χ2n) is 7.09. The Labute approximate surface area is 207 Å². The van der Waals surface area contributed by atoms with Crippen LogP contribution in [0.5, 0.6) is 0 Å². The summed E-state index contributed by atoms with van der Waals surface area (Å²) < 4.78 is 117. The van der Waals surface area contributed by atoms with Crippen molar-refractivity contribution in [2.75, 3.05) is 0 Å². The molecule has 0 saturated heterocycles. The maximum atomic E-state index is 14.7. The fourth-order valence-electron chi connectivity index (χ4n) is 3.11. The number of benzene rings is 4. The van der Waals surface area contributed by atoms with Gasteiger partial charge >= 0.3 is 0 Å². The van der Waals surface area contributed by atoms with Gasteiger partial charge < -0.3 is 0 Å². The van der Waals surface area contributed by atoms with Gasteiger partial charge in [0.1, 0.15) is 5.56 Å². The zero-order valence-corrected chi connectivity index (χ0v) is 19.2. The van der Waals surface area contributed by atoms with Crippen molar-refractivity contribution in [1.82, 2.24) is 0 Å². The first-order valence-electron chi connectivity index (χ1n) is 9.85. The number of carbonyl (C=O) groups excluding carboxylic acids is 1. The van der Waals surface area contributed by atoms with Crippen LogP contribution in [0, 0.1) is 46.5 Å². The van der Waals surface area contributed by atoms with E-state index in [-0.39, 0.29) is 10.5 Å². The van der Waals surface area contributed by atoms with Gasteiger partial charge in [-0.15, -0.1) is 0 Å². The quantitative estimate of drug-likeness (QED) is 0.139. The molecular formula is C25H10F8OS2. The van der Waals surface area contributed by atoms with Crippen molar-refractivity contribution in [3.05, 3.63) is 118 Å². The summed E-state index contributed by atoms with van der Waals surface area (Å²) in [7, 11) is 0. The van der Waals surface area contributed by atoms with Crippen LogP contribution in [0.25, 0.3) is 0 Å². The smallest absolute Gasteiger partial charge is 0.199 e. The van der Waals surface area contributed by atoms with Crippen molar-refractivity contribution in [3.8, 4) is 0 Å². The van der Waals surface area contributed by atoms with Gasteiger partial charge in [-0.1, -0.05) is 72.1 Å². The average molecular weight is 542 g/mol. The number of carbonyl (C=O) groups is 1. The van der Waals surface area contributed by atoms with E-state index < -0.39 is 84.3 Å². The van der Waals surface area contributed by atoms with Crippen LogP contribution in [-0.4, -0.2) is 5.78 Å². The molecule has 0 aliphatic carbocycles. The van der Waals surface area contributed by atoms with E-state index in [0.717, 1.165) is 12.1 Å². The van der Waals surface area contributed by atoms with Crippen LogP contribution in [0.15, 0.2) is 80.2 Å². The van der Waals surface area contributed by atoms with Crippen molar-refractivity contribution < 1.29 is 39.9 Å². The molecule has 0 N–H and O–H groups in total.